The highest BCUT2D eigenvalue weighted by molar-refractivity contribution is 4.96. The van der Waals surface area contributed by atoms with E-state index < -0.39 is 0 Å². The molecule has 0 heterocycles. The highest BCUT2D eigenvalue weighted by Gasteiger charge is 2.40. The van der Waals surface area contributed by atoms with Gasteiger partial charge in [-0.1, -0.05) is 26.7 Å². The van der Waals surface area contributed by atoms with Gasteiger partial charge in [0.1, 0.15) is 0 Å². The standard InChI is InChI=1S/C14H29NO/c1-5-14(6-2,16-7-3)13(15-4)12-10-8-9-11-12/h12-13,15H,5-11H2,1-4H3. The molecule has 0 bridgehead atoms. The molecule has 1 aliphatic carbocycles. The van der Waals surface area contributed by atoms with Crippen LogP contribution in [0.4, 0.5) is 0 Å². The highest BCUT2D eigenvalue weighted by atomic mass is 16.5. The van der Waals surface area contributed by atoms with Crippen LogP contribution in [0, 0.1) is 5.92 Å². The van der Waals surface area contributed by atoms with E-state index in [-0.39, 0.29) is 5.60 Å². The van der Waals surface area contributed by atoms with Crippen molar-refractivity contribution in [1.29, 1.82) is 0 Å². The summed E-state index contributed by atoms with van der Waals surface area (Å²) in [6, 6.07) is 0.532. The number of nitrogens with one attached hydrogen (secondary N) is 1. The summed E-state index contributed by atoms with van der Waals surface area (Å²) in [5.74, 6) is 0.816. The van der Waals surface area contributed by atoms with Gasteiger partial charge in [0.15, 0.2) is 0 Å². The van der Waals surface area contributed by atoms with E-state index in [1.165, 1.54) is 25.7 Å². The van der Waals surface area contributed by atoms with E-state index in [1.54, 1.807) is 0 Å². The lowest BCUT2D eigenvalue weighted by Crippen LogP contribution is -2.54. The van der Waals surface area contributed by atoms with Crippen molar-refractivity contribution in [1.82, 2.24) is 5.32 Å². The van der Waals surface area contributed by atoms with E-state index in [0.717, 1.165) is 25.4 Å². The van der Waals surface area contributed by atoms with E-state index in [9.17, 15) is 0 Å². The van der Waals surface area contributed by atoms with E-state index in [0.29, 0.717) is 6.04 Å². The molecule has 0 aromatic carbocycles. The number of hydrogen-bond acceptors (Lipinski definition) is 2. The molecular weight excluding hydrogens is 198 g/mol. The zero-order valence-corrected chi connectivity index (χ0v) is 11.5. The van der Waals surface area contributed by atoms with Gasteiger partial charge in [-0.05, 0) is 45.6 Å². The van der Waals surface area contributed by atoms with Crippen LogP contribution in [-0.4, -0.2) is 25.3 Å². The number of likely N-dealkylation sites (N-methyl/N-ethyl adjacent to an activating group) is 1. The Morgan fingerprint density at radius 1 is 1.19 bits per heavy atom. The zero-order chi connectivity index (χ0) is 12.0. The lowest BCUT2D eigenvalue weighted by molar-refractivity contribution is -0.0832. The molecule has 1 rings (SSSR count). The van der Waals surface area contributed by atoms with Crippen molar-refractivity contribution in [2.24, 2.45) is 5.92 Å². The summed E-state index contributed by atoms with van der Waals surface area (Å²) < 4.78 is 6.13. The van der Waals surface area contributed by atoms with Crippen LogP contribution in [0.25, 0.3) is 0 Å². The molecule has 0 aromatic rings. The van der Waals surface area contributed by atoms with Crippen LogP contribution >= 0.6 is 0 Å². The van der Waals surface area contributed by atoms with Crippen LogP contribution < -0.4 is 5.32 Å². The van der Waals surface area contributed by atoms with Crippen LogP contribution in [0.15, 0.2) is 0 Å². The van der Waals surface area contributed by atoms with Crippen LogP contribution in [0.1, 0.15) is 59.3 Å². The molecule has 1 unspecified atom stereocenters. The maximum atomic E-state index is 6.13. The van der Waals surface area contributed by atoms with Crippen molar-refractivity contribution in [3.63, 3.8) is 0 Å². The van der Waals surface area contributed by atoms with Crippen molar-refractivity contribution < 1.29 is 4.74 Å². The minimum atomic E-state index is 0.0541. The average molecular weight is 227 g/mol. The minimum absolute atomic E-state index is 0.0541. The molecule has 1 atom stereocenters. The van der Waals surface area contributed by atoms with Gasteiger partial charge in [-0.3, -0.25) is 0 Å². The summed E-state index contributed by atoms with van der Waals surface area (Å²) in [4.78, 5) is 0. The fourth-order valence-electron chi connectivity index (χ4n) is 3.49. The first-order valence-corrected chi connectivity index (χ1v) is 7.05. The van der Waals surface area contributed by atoms with Gasteiger partial charge in [0, 0.05) is 12.6 Å². The van der Waals surface area contributed by atoms with Crippen molar-refractivity contribution in [3.8, 4) is 0 Å². The summed E-state index contributed by atoms with van der Waals surface area (Å²) in [6.45, 7) is 7.46. The quantitative estimate of drug-likeness (QED) is 0.720. The molecule has 0 amide bonds. The fraction of sp³-hybridized carbons (Fsp3) is 1.00. The van der Waals surface area contributed by atoms with Crippen molar-refractivity contribution in [3.05, 3.63) is 0 Å². The Morgan fingerprint density at radius 3 is 2.12 bits per heavy atom. The first kappa shape index (κ1) is 14.0. The molecule has 0 aliphatic heterocycles. The number of hydrogen-bond donors (Lipinski definition) is 1. The van der Waals surface area contributed by atoms with E-state index in [2.05, 4.69) is 33.1 Å². The first-order valence-electron chi connectivity index (χ1n) is 7.05. The van der Waals surface area contributed by atoms with Gasteiger partial charge in [-0.25, -0.2) is 0 Å². The zero-order valence-electron chi connectivity index (χ0n) is 11.5. The predicted molar refractivity (Wildman–Crippen MR) is 69.7 cm³/mol. The Hall–Kier alpha value is -0.0800. The van der Waals surface area contributed by atoms with Crippen molar-refractivity contribution >= 4 is 0 Å². The van der Waals surface area contributed by atoms with Crippen molar-refractivity contribution in [2.45, 2.75) is 70.9 Å². The van der Waals surface area contributed by atoms with Crippen LogP contribution in [0.5, 0.6) is 0 Å². The summed E-state index contributed by atoms with van der Waals surface area (Å²) in [6.07, 6.45) is 7.77. The second kappa shape index (κ2) is 6.61. The Bertz CT molecular complexity index is 183. The molecule has 16 heavy (non-hydrogen) atoms. The van der Waals surface area contributed by atoms with Gasteiger partial charge in [-0.2, -0.15) is 0 Å². The van der Waals surface area contributed by atoms with E-state index in [4.69, 9.17) is 4.74 Å². The maximum absolute atomic E-state index is 6.13. The molecule has 2 heteroatoms. The van der Waals surface area contributed by atoms with Gasteiger partial charge < -0.3 is 10.1 Å². The predicted octanol–water partition coefficient (Wildman–Crippen LogP) is 3.36. The lowest BCUT2D eigenvalue weighted by Gasteiger charge is -2.42. The Labute approximate surface area is 101 Å². The third kappa shape index (κ3) is 2.78. The van der Waals surface area contributed by atoms with Gasteiger partial charge in [0.05, 0.1) is 5.60 Å². The van der Waals surface area contributed by atoms with Gasteiger partial charge in [0.2, 0.25) is 0 Å². The molecule has 1 saturated carbocycles. The molecule has 0 spiro atoms. The Morgan fingerprint density at radius 2 is 1.75 bits per heavy atom. The molecule has 0 radical (unpaired) electrons. The molecule has 1 N–H and O–H groups in total. The normalized spacial score (nSPS) is 20.2. The average Bonchev–Trinajstić information content (AvgIpc) is 2.82. The smallest absolute Gasteiger partial charge is 0.0831 e. The third-order valence-electron chi connectivity index (χ3n) is 4.38. The first-order chi connectivity index (χ1) is 7.74. The largest absolute Gasteiger partial charge is 0.374 e. The minimum Gasteiger partial charge on any atom is -0.374 e. The van der Waals surface area contributed by atoms with Crippen LogP contribution in [0.3, 0.4) is 0 Å². The summed E-state index contributed by atoms with van der Waals surface area (Å²) in [5.41, 5.74) is 0.0541. The molecule has 1 fully saturated rings. The summed E-state index contributed by atoms with van der Waals surface area (Å²) in [7, 11) is 2.10. The van der Waals surface area contributed by atoms with Gasteiger partial charge in [0.25, 0.3) is 0 Å². The topological polar surface area (TPSA) is 21.3 Å². The van der Waals surface area contributed by atoms with Crippen LogP contribution in [-0.2, 0) is 4.74 Å². The number of rotatable bonds is 7. The molecule has 1 aliphatic rings. The SMILES string of the molecule is CCOC(CC)(CC)C(NC)C1CCCC1. The highest BCUT2D eigenvalue weighted by Crippen LogP contribution is 2.37. The Balaban J connectivity index is 2.78. The molecule has 0 saturated heterocycles. The molecule has 0 aromatic heterocycles. The lowest BCUT2D eigenvalue weighted by atomic mass is 9.79. The molecule has 96 valence electrons. The third-order valence-corrected chi connectivity index (χ3v) is 4.38. The van der Waals surface area contributed by atoms with E-state index >= 15 is 0 Å². The second-order valence-corrected chi connectivity index (χ2v) is 5.02. The summed E-state index contributed by atoms with van der Waals surface area (Å²) in [5, 5.41) is 3.55. The van der Waals surface area contributed by atoms with Gasteiger partial charge in [-0.15, -0.1) is 0 Å². The Kier molecular flexibility index (Phi) is 5.77. The maximum Gasteiger partial charge on any atom is 0.0831 e. The summed E-state index contributed by atoms with van der Waals surface area (Å²) >= 11 is 0. The monoisotopic (exact) mass is 227 g/mol. The second-order valence-electron chi connectivity index (χ2n) is 5.02. The molecule has 2 nitrogen and oxygen atoms in total. The van der Waals surface area contributed by atoms with Crippen molar-refractivity contribution in [2.75, 3.05) is 13.7 Å². The number of ether oxygens (including phenoxy) is 1. The van der Waals surface area contributed by atoms with Gasteiger partial charge >= 0.3 is 0 Å². The fourth-order valence-corrected chi connectivity index (χ4v) is 3.49. The van der Waals surface area contributed by atoms with Crippen LogP contribution in [0.2, 0.25) is 0 Å². The van der Waals surface area contributed by atoms with E-state index in [1.807, 2.05) is 0 Å². The molecular formula is C14H29NO.